The molecule has 0 aliphatic heterocycles. The summed E-state index contributed by atoms with van der Waals surface area (Å²) in [5.74, 6) is -0.474. The highest BCUT2D eigenvalue weighted by atomic mass is 35.5. The van der Waals surface area contributed by atoms with E-state index in [2.05, 4.69) is 10.6 Å². The Kier molecular flexibility index (Phi) is 3.84. The van der Waals surface area contributed by atoms with Gasteiger partial charge in [0.1, 0.15) is 5.82 Å². The molecule has 92 valence electrons. The van der Waals surface area contributed by atoms with Crippen molar-refractivity contribution in [1.29, 1.82) is 0 Å². The van der Waals surface area contributed by atoms with E-state index in [1.807, 2.05) is 0 Å². The zero-order chi connectivity index (χ0) is 12.3. The zero-order valence-electron chi connectivity index (χ0n) is 9.30. The van der Waals surface area contributed by atoms with E-state index in [9.17, 15) is 9.18 Å². The molecule has 1 aliphatic rings. The molecule has 0 spiro atoms. The van der Waals surface area contributed by atoms with Gasteiger partial charge in [0, 0.05) is 18.2 Å². The van der Waals surface area contributed by atoms with Crippen molar-refractivity contribution in [2.75, 3.05) is 0 Å². The lowest BCUT2D eigenvalue weighted by Crippen LogP contribution is -2.44. The highest BCUT2D eigenvalue weighted by Crippen LogP contribution is 2.18. The van der Waals surface area contributed by atoms with Crippen LogP contribution in [0.1, 0.15) is 24.8 Å². The first-order valence-electron chi connectivity index (χ1n) is 5.64. The third kappa shape index (κ3) is 3.09. The standard InChI is InChI=1S/C12H14ClFN2O/c13-10-6-1-3-8(11(10)14)7-15-12(17)16-9-4-2-5-9/h1,3,6,9H,2,4-5,7H2,(H2,15,16,17). The number of benzene rings is 1. The fourth-order valence-corrected chi connectivity index (χ4v) is 1.84. The molecule has 0 atom stereocenters. The number of rotatable bonds is 3. The van der Waals surface area contributed by atoms with Gasteiger partial charge in [0.15, 0.2) is 0 Å². The maximum absolute atomic E-state index is 13.5. The van der Waals surface area contributed by atoms with E-state index in [1.165, 1.54) is 6.07 Å². The Hall–Kier alpha value is -1.29. The quantitative estimate of drug-likeness (QED) is 0.858. The summed E-state index contributed by atoms with van der Waals surface area (Å²) in [6.07, 6.45) is 3.21. The maximum atomic E-state index is 13.5. The molecule has 17 heavy (non-hydrogen) atoms. The zero-order valence-corrected chi connectivity index (χ0v) is 10.1. The van der Waals surface area contributed by atoms with Gasteiger partial charge in [0.2, 0.25) is 0 Å². The van der Waals surface area contributed by atoms with Crippen molar-refractivity contribution in [3.8, 4) is 0 Å². The number of hydrogen-bond donors (Lipinski definition) is 2. The third-order valence-electron chi connectivity index (χ3n) is 2.91. The van der Waals surface area contributed by atoms with Gasteiger partial charge in [-0.1, -0.05) is 23.7 Å². The molecule has 5 heteroatoms. The molecule has 2 rings (SSSR count). The predicted molar refractivity (Wildman–Crippen MR) is 64.4 cm³/mol. The lowest BCUT2D eigenvalue weighted by atomic mass is 9.93. The predicted octanol–water partition coefficient (Wildman–Crippen LogP) is 2.83. The lowest BCUT2D eigenvalue weighted by molar-refractivity contribution is 0.228. The van der Waals surface area contributed by atoms with Crippen LogP contribution in [0.25, 0.3) is 0 Å². The summed E-state index contributed by atoms with van der Waals surface area (Å²) in [7, 11) is 0. The highest BCUT2D eigenvalue weighted by Gasteiger charge is 2.19. The molecule has 1 aromatic carbocycles. The summed E-state index contributed by atoms with van der Waals surface area (Å²) < 4.78 is 13.5. The van der Waals surface area contributed by atoms with Crippen LogP contribution in [0.15, 0.2) is 18.2 Å². The third-order valence-corrected chi connectivity index (χ3v) is 3.20. The molecule has 3 nitrogen and oxygen atoms in total. The Balaban J connectivity index is 1.84. The Morgan fingerprint density at radius 2 is 2.24 bits per heavy atom. The fraction of sp³-hybridized carbons (Fsp3) is 0.417. The van der Waals surface area contributed by atoms with Crippen molar-refractivity contribution in [2.24, 2.45) is 0 Å². The van der Waals surface area contributed by atoms with Crippen LogP contribution in [-0.2, 0) is 6.54 Å². The molecule has 0 radical (unpaired) electrons. The van der Waals surface area contributed by atoms with Crippen LogP contribution in [0.2, 0.25) is 5.02 Å². The first-order chi connectivity index (χ1) is 8.16. The molecule has 0 heterocycles. The van der Waals surface area contributed by atoms with Gasteiger partial charge in [0.25, 0.3) is 0 Å². The number of halogens is 2. The molecule has 0 bridgehead atoms. The second-order valence-corrected chi connectivity index (χ2v) is 4.57. The first kappa shape index (κ1) is 12.2. The summed E-state index contributed by atoms with van der Waals surface area (Å²) in [5, 5.41) is 5.51. The van der Waals surface area contributed by atoms with E-state index in [1.54, 1.807) is 12.1 Å². The van der Waals surface area contributed by atoms with E-state index < -0.39 is 5.82 Å². The summed E-state index contributed by atoms with van der Waals surface area (Å²) >= 11 is 5.64. The van der Waals surface area contributed by atoms with Crippen LogP contribution in [-0.4, -0.2) is 12.1 Å². The van der Waals surface area contributed by atoms with Gasteiger partial charge < -0.3 is 10.6 Å². The lowest BCUT2D eigenvalue weighted by Gasteiger charge is -2.26. The molecular formula is C12H14ClFN2O. The van der Waals surface area contributed by atoms with E-state index in [4.69, 9.17) is 11.6 Å². The summed E-state index contributed by atoms with van der Waals surface area (Å²) in [4.78, 5) is 11.4. The number of hydrogen-bond acceptors (Lipinski definition) is 1. The molecule has 0 unspecified atom stereocenters. The van der Waals surface area contributed by atoms with Crippen molar-refractivity contribution < 1.29 is 9.18 Å². The molecular weight excluding hydrogens is 243 g/mol. The van der Waals surface area contributed by atoms with Crippen molar-refractivity contribution in [3.05, 3.63) is 34.6 Å². The average Bonchev–Trinajstić information content (AvgIpc) is 2.26. The summed E-state index contributed by atoms with van der Waals surface area (Å²) in [6.45, 7) is 0.144. The minimum absolute atomic E-state index is 0.0729. The number of amides is 2. The van der Waals surface area contributed by atoms with Crippen LogP contribution >= 0.6 is 11.6 Å². The molecule has 0 aromatic heterocycles. The smallest absolute Gasteiger partial charge is 0.315 e. The van der Waals surface area contributed by atoms with Crippen molar-refractivity contribution in [2.45, 2.75) is 31.8 Å². The molecule has 1 saturated carbocycles. The van der Waals surface area contributed by atoms with Crippen LogP contribution in [0, 0.1) is 5.82 Å². The molecule has 1 aromatic rings. The minimum Gasteiger partial charge on any atom is -0.335 e. The fourth-order valence-electron chi connectivity index (χ4n) is 1.65. The van der Waals surface area contributed by atoms with Crippen molar-refractivity contribution in [3.63, 3.8) is 0 Å². The second kappa shape index (κ2) is 5.36. The topological polar surface area (TPSA) is 41.1 Å². The summed E-state index contributed by atoms with van der Waals surface area (Å²) in [5.41, 5.74) is 0.390. The minimum atomic E-state index is -0.474. The van der Waals surface area contributed by atoms with E-state index in [-0.39, 0.29) is 23.6 Å². The molecule has 1 aliphatic carbocycles. The Morgan fingerprint density at radius 3 is 2.88 bits per heavy atom. The van der Waals surface area contributed by atoms with Gasteiger partial charge in [0.05, 0.1) is 5.02 Å². The number of nitrogens with one attached hydrogen (secondary N) is 2. The van der Waals surface area contributed by atoms with Crippen molar-refractivity contribution in [1.82, 2.24) is 10.6 Å². The Bertz CT molecular complexity index is 421. The number of carbonyl (C=O) groups is 1. The average molecular weight is 257 g/mol. The van der Waals surface area contributed by atoms with Crippen LogP contribution in [0.5, 0.6) is 0 Å². The first-order valence-corrected chi connectivity index (χ1v) is 6.02. The second-order valence-electron chi connectivity index (χ2n) is 4.17. The van der Waals surface area contributed by atoms with E-state index in [0.29, 0.717) is 5.56 Å². The normalized spacial score (nSPS) is 15.2. The molecule has 2 amide bonds. The van der Waals surface area contributed by atoms with Gasteiger partial charge >= 0.3 is 6.03 Å². The molecule has 2 N–H and O–H groups in total. The Labute approximate surface area is 104 Å². The van der Waals surface area contributed by atoms with Gasteiger partial charge in [-0.15, -0.1) is 0 Å². The maximum Gasteiger partial charge on any atom is 0.315 e. The largest absolute Gasteiger partial charge is 0.335 e. The van der Waals surface area contributed by atoms with Gasteiger partial charge in [-0.3, -0.25) is 0 Å². The van der Waals surface area contributed by atoms with Crippen LogP contribution in [0.3, 0.4) is 0 Å². The monoisotopic (exact) mass is 256 g/mol. The Morgan fingerprint density at radius 1 is 1.47 bits per heavy atom. The molecule has 1 fully saturated rings. The highest BCUT2D eigenvalue weighted by molar-refractivity contribution is 6.30. The molecule has 0 saturated heterocycles. The van der Waals surface area contributed by atoms with Gasteiger partial charge in [-0.2, -0.15) is 0 Å². The van der Waals surface area contributed by atoms with Gasteiger partial charge in [-0.05, 0) is 25.3 Å². The summed E-state index contributed by atoms with van der Waals surface area (Å²) in [6, 6.07) is 4.76. The van der Waals surface area contributed by atoms with E-state index in [0.717, 1.165) is 19.3 Å². The van der Waals surface area contributed by atoms with Gasteiger partial charge in [-0.25, -0.2) is 9.18 Å². The SMILES string of the molecule is O=C(NCc1cccc(Cl)c1F)NC1CCC1. The number of carbonyl (C=O) groups excluding carboxylic acids is 1. The van der Waals surface area contributed by atoms with Crippen LogP contribution < -0.4 is 10.6 Å². The van der Waals surface area contributed by atoms with E-state index >= 15 is 0 Å². The van der Waals surface area contributed by atoms with Crippen LogP contribution in [0.4, 0.5) is 9.18 Å². The van der Waals surface area contributed by atoms with Crippen molar-refractivity contribution >= 4 is 17.6 Å². The number of urea groups is 1.